The molecule has 1 fully saturated rings. The largest absolute Gasteiger partial charge is 0.481 e. The summed E-state index contributed by atoms with van der Waals surface area (Å²) in [4.78, 5) is 13.1. The summed E-state index contributed by atoms with van der Waals surface area (Å²) in [5.74, 6) is 1.44. The van der Waals surface area contributed by atoms with E-state index < -0.39 is 11.4 Å². The lowest BCUT2D eigenvalue weighted by molar-refractivity contribution is -0.149. The summed E-state index contributed by atoms with van der Waals surface area (Å²) in [6, 6.07) is 8.47. The van der Waals surface area contributed by atoms with Crippen molar-refractivity contribution in [1.29, 1.82) is 0 Å². The monoisotopic (exact) mass is 276 g/mol. The van der Waals surface area contributed by atoms with Gasteiger partial charge in [-0.15, -0.1) is 11.8 Å². The van der Waals surface area contributed by atoms with Crippen LogP contribution in [0.4, 0.5) is 0 Å². The molecule has 1 aromatic rings. The Bertz CT molecular complexity index is 499. The zero-order valence-corrected chi connectivity index (χ0v) is 12.1. The third kappa shape index (κ3) is 2.29. The lowest BCUT2D eigenvalue weighted by Gasteiger charge is -2.27. The highest BCUT2D eigenvalue weighted by Crippen LogP contribution is 2.51. The van der Waals surface area contributed by atoms with Crippen molar-refractivity contribution in [1.82, 2.24) is 0 Å². The molecule has 0 amide bonds. The number of hydrogen-bond acceptors (Lipinski definition) is 2. The van der Waals surface area contributed by atoms with E-state index in [0.29, 0.717) is 11.8 Å². The van der Waals surface area contributed by atoms with Gasteiger partial charge in [-0.05, 0) is 49.1 Å². The van der Waals surface area contributed by atoms with Crippen molar-refractivity contribution in [3.8, 4) is 0 Å². The van der Waals surface area contributed by atoms with Crippen LogP contribution in [0.2, 0.25) is 0 Å². The van der Waals surface area contributed by atoms with Crippen molar-refractivity contribution in [2.45, 2.75) is 43.4 Å². The summed E-state index contributed by atoms with van der Waals surface area (Å²) in [6.07, 6.45) is 3.59. The van der Waals surface area contributed by atoms with E-state index >= 15 is 0 Å². The first-order valence-electron chi connectivity index (χ1n) is 7.06. The van der Waals surface area contributed by atoms with Gasteiger partial charge in [-0.25, -0.2) is 0 Å². The molecule has 0 saturated heterocycles. The fourth-order valence-electron chi connectivity index (χ4n) is 3.73. The summed E-state index contributed by atoms with van der Waals surface area (Å²) in [5.41, 5.74) is 0.898. The Morgan fingerprint density at radius 1 is 1.47 bits per heavy atom. The topological polar surface area (TPSA) is 37.3 Å². The SMILES string of the molecule is CC1CCC(CC2CSc3ccccc32)(C(=O)O)C1. The van der Waals surface area contributed by atoms with Gasteiger partial charge in [0.05, 0.1) is 5.41 Å². The van der Waals surface area contributed by atoms with Crippen LogP contribution in [0.25, 0.3) is 0 Å². The zero-order valence-electron chi connectivity index (χ0n) is 11.3. The van der Waals surface area contributed by atoms with Crippen LogP contribution in [-0.2, 0) is 4.79 Å². The normalized spacial score (nSPS) is 33.3. The highest BCUT2D eigenvalue weighted by atomic mass is 32.2. The van der Waals surface area contributed by atoms with E-state index in [4.69, 9.17) is 0 Å². The molecule has 2 aliphatic rings. The number of carboxylic acid groups (broad SMARTS) is 1. The van der Waals surface area contributed by atoms with Gasteiger partial charge in [0, 0.05) is 10.6 Å². The third-order valence-corrected chi connectivity index (χ3v) is 6.00. The number of carbonyl (C=O) groups is 1. The average molecular weight is 276 g/mol. The highest BCUT2D eigenvalue weighted by Gasteiger charge is 2.46. The fraction of sp³-hybridized carbons (Fsp3) is 0.562. The molecule has 1 aromatic carbocycles. The van der Waals surface area contributed by atoms with Crippen molar-refractivity contribution >= 4 is 17.7 Å². The first kappa shape index (κ1) is 13.0. The van der Waals surface area contributed by atoms with Crippen molar-refractivity contribution in [2.24, 2.45) is 11.3 Å². The summed E-state index contributed by atoms with van der Waals surface area (Å²) in [5, 5.41) is 9.68. The van der Waals surface area contributed by atoms with E-state index in [1.807, 2.05) is 11.8 Å². The van der Waals surface area contributed by atoms with Crippen LogP contribution in [-0.4, -0.2) is 16.8 Å². The molecule has 1 saturated carbocycles. The summed E-state index contributed by atoms with van der Waals surface area (Å²) < 4.78 is 0. The van der Waals surface area contributed by atoms with E-state index in [0.717, 1.165) is 31.4 Å². The molecule has 1 aliphatic carbocycles. The van der Waals surface area contributed by atoms with E-state index in [1.54, 1.807) is 0 Å². The van der Waals surface area contributed by atoms with Crippen LogP contribution in [0, 0.1) is 11.3 Å². The molecule has 3 rings (SSSR count). The van der Waals surface area contributed by atoms with Crippen molar-refractivity contribution in [3.05, 3.63) is 29.8 Å². The predicted octanol–water partition coefficient (Wildman–Crippen LogP) is 4.16. The van der Waals surface area contributed by atoms with Gasteiger partial charge in [0.15, 0.2) is 0 Å². The number of fused-ring (bicyclic) bond motifs is 1. The maximum atomic E-state index is 11.8. The molecule has 1 N–H and O–H groups in total. The Morgan fingerprint density at radius 3 is 2.95 bits per heavy atom. The molecule has 0 bridgehead atoms. The summed E-state index contributed by atoms with van der Waals surface area (Å²) in [7, 11) is 0. The minimum Gasteiger partial charge on any atom is -0.481 e. The number of aliphatic carboxylic acids is 1. The molecular formula is C16H20O2S. The molecule has 2 nitrogen and oxygen atoms in total. The van der Waals surface area contributed by atoms with E-state index in [2.05, 4.69) is 31.2 Å². The molecule has 3 unspecified atom stereocenters. The van der Waals surface area contributed by atoms with E-state index in [-0.39, 0.29) is 0 Å². The van der Waals surface area contributed by atoms with Crippen LogP contribution in [0.15, 0.2) is 29.2 Å². The van der Waals surface area contributed by atoms with Gasteiger partial charge in [-0.1, -0.05) is 25.1 Å². The molecule has 0 radical (unpaired) electrons. The molecule has 3 heteroatoms. The predicted molar refractivity (Wildman–Crippen MR) is 77.6 cm³/mol. The first-order valence-corrected chi connectivity index (χ1v) is 8.04. The van der Waals surface area contributed by atoms with Gasteiger partial charge < -0.3 is 5.11 Å². The molecule has 19 heavy (non-hydrogen) atoms. The second kappa shape index (κ2) is 4.86. The van der Waals surface area contributed by atoms with Crippen molar-refractivity contribution < 1.29 is 9.90 Å². The van der Waals surface area contributed by atoms with Crippen LogP contribution < -0.4 is 0 Å². The number of rotatable bonds is 3. The fourth-order valence-corrected chi connectivity index (χ4v) is 4.99. The minimum atomic E-state index is -0.578. The third-order valence-electron chi connectivity index (χ3n) is 4.74. The summed E-state index contributed by atoms with van der Waals surface area (Å²) in [6.45, 7) is 2.18. The average Bonchev–Trinajstić information content (AvgIpc) is 2.96. The van der Waals surface area contributed by atoms with E-state index in [9.17, 15) is 9.90 Å². The van der Waals surface area contributed by atoms with Crippen LogP contribution >= 0.6 is 11.8 Å². The van der Waals surface area contributed by atoms with Crippen LogP contribution in [0.3, 0.4) is 0 Å². The summed E-state index contributed by atoms with van der Waals surface area (Å²) >= 11 is 1.88. The number of hydrogen-bond donors (Lipinski definition) is 1. The second-order valence-corrected chi connectivity index (χ2v) is 7.25. The van der Waals surface area contributed by atoms with Gasteiger partial charge in [0.25, 0.3) is 0 Å². The van der Waals surface area contributed by atoms with Gasteiger partial charge in [0.2, 0.25) is 0 Å². The maximum Gasteiger partial charge on any atom is 0.309 e. The van der Waals surface area contributed by atoms with Gasteiger partial charge in [-0.2, -0.15) is 0 Å². The molecule has 0 aromatic heterocycles. The lowest BCUT2D eigenvalue weighted by atomic mass is 9.76. The van der Waals surface area contributed by atoms with Crippen molar-refractivity contribution in [2.75, 3.05) is 5.75 Å². The first-order chi connectivity index (χ1) is 9.11. The quantitative estimate of drug-likeness (QED) is 0.900. The Kier molecular flexibility index (Phi) is 3.34. The molecule has 1 heterocycles. The van der Waals surface area contributed by atoms with Crippen LogP contribution in [0.1, 0.15) is 44.1 Å². The zero-order chi connectivity index (χ0) is 13.5. The molecule has 1 aliphatic heterocycles. The van der Waals surface area contributed by atoms with Crippen LogP contribution in [0.5, 0.6) is 0 Å². The Hall–Kier alpha value is -0.960. The van der Waals surface area contributed by atoms with E-state index in [1.165, 1.54) is 10.5 Å². The number of carboxylic acids is 1. The molecule has 3 atom stereocenters. The molecule has 102 valence electrons. The number of thioether (sulfide) groups is 1. The maximum absolute atomic E-state index is 11.8. The Balaban J connectivity index is 1.83. The minimum absolute atomic E-state index is 0.419. The Morgan fingerprint density at radius 2 is 2.26 bits per heavy atom. The van der Waals surface area contributed by atoms with Gasteiger partial charge in [0.1, 0.15) is 0 Å². The molecular weight excluding hydrogens is 256 g/mol. The number of benzene rings is 1. The standard InChI is InChI=1S/C16H20O2S/c1-11-6-7-16(8-11,15(17)18)9-12-10-19-14-5-3-2-4-13(12)14/h2-5,11-12H,6-10H2,1H3,(H,17,18). The van der Waals surface area contributed by atoms with Crippen molar-refractivity contribution in [3.63, 3.8) is 0 Å². The highest BCUT2D eigenvalue weighted by molar-refractivity contribution is 7.99. The van der Waals surface area contributed by atoms with Gasteiger partial charge >= 0.3 is 5.97 Å². The lowest BCUT2D eigenvalue weighted by Crippen LogP contribution is -2.30. The Labute approximate surface area is 118 Å². The van der Waals surface area contributed by atoms with Gasteiger partial charge in [-0.3, -0.25) is 4.79 Å². The smallest absolute Gasteiger partial charge is 0.309 e. The molecule has 0 spiro atoms. The second-order valence-electron chi connectivity index (χ2n) is 6.18.